The van der Waals surface area contributed by atoms with Crippen LogP contribution in [-0.2, 0) is 9.59 Å². The van der Waals surface area contributed by atoms with Crippen molar-refractivity contribution < 1.29 is 14.7 Å². The second kappa shape index (κ2) is 4.34. The van der Waals surface area contributed by atoms with Gasteiger partial charge in [-0.15, -0.1) is 6.58 Å². The molecule has 23 heavy (non-hydrogen) atoms. The van der Waals surface area contributed by atoms with Gasteiger partial charge in [-0.3, -0.25) is 9.59 Å². The monoisotopic (exact) mass is 309 g/mol. The van der Waals surface area contributed by atoms with Gasteiger partial charge >= 0.3 is 0 Å². The Morgan fingerprint density at radius 2 is 2.22 bits per heavy atom. The van der Waals surface area contributed by atoms with Crippen molar-refractivity contribution in [3.05, 3.63) is 49.1 Å². The summed E-state index contributed by atoms with van der Waals surface area (Å²) in [5, 5.41) is 9.71. The molecule has 2 aliphatic carbocycles. The van der Waals surface area contributed by atoms with E-state index < -0.39 is 5.41 Å². The minimum Gasteiger partial charge on any atom is -0.508 e. The van der Waals surface area contributed by atoms with Gasteiger partial charge in [-0.05, 0) is 30.9 Å². The molecule has 1 saturated heterocycles. The summed E-state index contributed by atoms with van der Waals surface area (Å²) in [6.45, 7) is 5.89. The summed E-state index contributed by atoms with van der Waals surface area (Å²) in [4.78, 5) is 27.7. The van der Waals surface area contributed by atoms with E-state index >= 15 is 0 Å². The molecule has 1 N–H and O–H groups in total. The lowest BCUT2D eigenvalue weighted by atomic mass is 9.60. The van der Waals surface area contributed by atoms with Crippen LogP contribution >= 0.6 is 0 Å². The largest absolute Gasteiger partial charge is 0.508 e. The van der Waals surface area contributed by atoms with Crippen molar-refractivity contribution in [3.8, 4) is 5.75 Å². The lowest BCUT2D eigenvalue weighted by molar-refractivity contribution is -0.131. The summed E-state index contributed by atoms with van der Waals surface area (Å²) >= 11 is 0. The molecular weight excluding hydrogens is 290 g/mol. The highest BCUT2D eigenvalue weighted by atomic mass is 16.3. The van der Waals surface area contributed by atoms with E-state index in [1.807, 2.05) is 0 Å². The van der Waals surface area contributed by atoms with Gasteiger partial charge in [0, 0.05) is 11.5 Å². The van der Waals surface area contributed by atoms with Gasteiger partial charge in [0.05, 0.1) is 17.0 Å². The molecule has 4 nitrogen and oxygen atoms in total. The van der Waals surface area contributed by atoms with Crippen LogP contribution in [0.5, 0.6) is 5.75 Å². The molecule has 1 heterocycles. The third-order valence-electron chi connectivity index (χ3n) is 5.97. The lowest BCUT2D eigenvalue weighted by Gasteiger charge is -2.39. The Bertz CT molecular complexity index is 768. The highest BCUT2D eigenvalue weighted by Gasteiger charge is 2.73. The predicted molar refractivity (Wildman–Crippen MR) is 86.7 cm³/mol. The van der Waals surface area contributed by atoms with Crippen molar-refractivity contribution in [2.75, 3.05) is 4.90 Å². The topological polar surface area (TPSA) is 57.6 Å². The zero-order valence-electron chi connectivity index (χ0n) is 13.0. The number of hydrogen-bond acceptors (Lipinski definition) is 3. The maximum Gasteiger partial charge on any atom is 0.242 e. The Labute approximate surface area is 135 Å². The van der Waals surface area contributed by atoms with Crippen molar-refractivity contribution in [2.24, 2.45) is 22.7 Å². The first-order valence-electron chi connectivity index (χ1n) is 7.92. The number of carbonyl (C=O) groups is 2. The van der Waals surface area contributed by atoms with Crippen LogP contribution in [0.1, 0.15) is 19.8 Å². The summed E-state index contributed by atoms with van der Waals surface area (Å²) in [7, 11) is 0. The van der Waals surface area contributed by atoms with Crippen molar-refractivity contribution in [1.82, 2.24) is 0 Å². The van der Waals surface area contributed by atoms with Crippen LogP contribution in [0, 0.1) is 22.7 Å². The fourth-order valence-electron chi connectivity index (χ4n) is 5.00. The van der Waals surface area contributed by atoms with Crippen molar-refractivity contribution in [2.45, 2.75) is 19.8 Å². The van der Waals surface area contributed by atoms with Gasteiger partial charge in [0.2, 0.25) is 11.8 Å². The second-order valence-electron chi connectivity index (χ2n) is 7.09. The molecule has 1 aromatic carbocycles. The summed E-state index contributed by atoms with van der Waals surface area (Å²) in [5.41, 5.74) is -0.605. The molecule has 0 spiro atoms. The van der Waals surface area contributed by atoms with Crippen LogP contribution in [0.2, 0.25) is 0 Å². The number of phenols is 1. The molecule has 2 amide bonds. The average Bonchev–Trinajstić information content (AvgIpc) is 3.07. The molecule has 4 unspecified atom stereocenters. The summed E-state index contributed by atoms with van der Waals surface area (Å²) < 4.78 is 0. The molecule has 1 aromatic rings. The standard InChI is InChI=1S/C19H19NO3/c1-3-8-19-15(12-7-9-18(19,2)11-12)16(22)20(17(19)23)13-5-4-6-14(21)10-13/h3-7,9-10,12,15,21H,1,8,11H2,2H3. The number of benzene rings is 1. The molecule has 2 fully saturated rings. The molecule has 0 radical (unpaired) electrons. The lowest BCUT2D eigenvalue weighted by Crippen LogP contribution is -2.45. The quantitative estimate of drug-likeness (QED) is 0.689. The van der Waals surface area contributed by atoms with Gasteiger partial charge in [-0.25, -0.2) is 4.90 Å². The van der Waals surface area contributed by atoms with Crippen LogP contribution in [0.15, 0.2) is 49.1 Å². The first-order valence-corrected chi connectivity index (χ1v) is 7.92. The fraction of sp³-hybridized carbons (Fsp3) is 0.368. The van der Waals surface area contributed by atoms with Gasteiger partial charge in [0.1, 0.15) is 5.75 Å². The third-order valence-corrected chi connectivity index (χ3v) is 5.97. The molecule has 118 valence electrons. The molecule has 0 aromatic heterocycles. The van der Waals surface area contributed by atoms with E-state index in [4.69, 9.17) is 0 Å². The average molecular weight is 309 g/mol. The number of allylic oxidation sites excluding steroid dienone is 3. The van der Waals surface area contributed by atoms with Gasteiger partial charge in [0.25, 0.3) is 0 Å². The Balaban J connectivity index is 1.88. The van der Waals surface area contributed by atoms with Crippen LogP contribution in [0.4, 0.5) is 5.69 Å². The normalized spacial score (nSPS) is 37.5. The van der Waals surface area contributed by atoms with Crippen LogP contribution in [0.3, 0.4) is 0 Å². The Hall–Kier alpha value is -2.36. The van der Waals surface area contributed by atoms with E-state index in [0.717, 1.165) is 6.42 Å². The van der Waals surface area contributed by atoms with Crippen LogP contribution in [0.25, 0.3) is 0 Å². The van der Waals surface area contributed by atoms with E-state index in [9.17, 15) is 14.7 Å². The highest BCUT2D eigenvalue weighted by Crippen LogP contribution is 2.69. The number of carbonyl (C=O) groups excluding carboxylic acids is 2. The van der Waals surface area contributed by atoms with Gasteiger partial charge < -0.3 is 5.11 Å². The molecule has 1 aliphatic heterocycles. The van der Waals surface area contributed by atoms with Crippen LogP contribution in [-0.4, -0.2) is 16.9 Å². The van der Waals surface area contributed by atoms with Gasteiger partial charge in [0.15, 0.2) is 0 Å². The van der Waals surface area contributed by atoms with Gasteiger partial charge in [-0.1, -0.05) is 31.2 Å². The smallest absolute Gasteiger partial charge is 0.242 e. The van der Waals surface area contributed by atoms with Crippen molar-refractivity contribution in [1.29, 1.82) is 0 Å². The van der Waals surface area contributed by atoms with Gasteiger partial charge in [-0.2, -0.15) is 0 Å². The molecule has 4 atom stereocenters. The Morgan fingerprint density at radius 1 is 1.43 bits per heavy atom. The maximum atomic E-state index is 13.4. The Morgan fingerprint density at radius 3 is 2.91 bits per heavy atom. The molecule has 4 heteroatoms. The van der Waals surface area contributed by atoms with Crippen LogP contribution < -0.4 is 4.90 Å². The number of anilines is 1. The number of aromatic hydroxyl groups is 1. The SMILES string of the molecule is C=CCC12C(=O)N(c3cccc(O)c3)C(=O)C1C1C=CC2(C)C1. The summed E-state index contributed by atoms with van der Waals surface area (Å²) in [6.07, 6.45) is 7.29. The summed E-state index contributed by atoms with van der Waals surface area (Å²) in [6, 6.07) is 6.33. The number of hydrogen-bond donors (Lipinski definition) is 1. The van der Waals surface area contributed by atoms with Crippen molar-refractivity contribution >= 4 is 17.5 Å². The number of imide groups is 1. The zero-order chi connectivity index (χ0) is 16.4. The first-order chi connectivity index (χ1) is 10.9. The number of rotatable bonds is 3. The fourth-order valence-corrected chi connectivity index (χ4v) is 5.00. The predicted octanol–water partition coefficient (Wildman–Crippen LogP) is 3.04. The van der Waals surface area contributed by atoms with Crippen molar-refractivity contribution in [3.63, 3.8) is 0 Å². The van der Waals surface area contributed by atoms with E-state index in [0.29, 0.717) is 12.1 Å². The van der Waals surface area contributed by atoms with E-state index in [1.165, 1.54) is 17.0 Å². The second-order valence-corrected chi connectivity index (χ2v) is 7.09. The molecule has 3 aliphatic rings. The molecule has 4 rings (SSSR count). The Kier molecular flexibility index (Phi) is 2.69. The molecular formula is C19H19NO3. The maximum absolute atomic E-state index is 13.4. The molecule has 2 bridgehead atoms. The third kappa shape index (κ3) is 1.51. The van der Waals surface area contributed by atoms with E-state index in [2.05, 4.69) is 25.7 Å². The highest BCUT2D eigenvalue weighted by molar-refractivity contribution is 6.24. The number of nitrogens with zero attached hydrogens (tertiary/aromatic N) is 1. The van der Waals surface area contributed by atoms with E-state index in [-0.39, 0.29) is 34.8 Å². The zero-order valence-corrected chi connectivity index (χ0v) is 13.0. The number of phenolic OH excluding ortho intramolecular Hbond substituents is 1. The first kappa shape index (κ1) is 14.2. The number of fused-ring (bicyclic) bond motifs is 5. The summed E-state index contributed by atoms with van der Waals surface area (Å²) in [5.74, 6) is -0.484. The molecule has 1 saturated carbocycles. The minimum absolute atomic E-state index is 0.0465. The number of amides is 2. The van der Waals surface area contributed by atoms with E-state index in [1.54, 1.807) is 18.2 Å². The minimum atomic E-state index is -0.739.